The SMILES string of the molecule is Cc1cccc(N2C(=O)CC(c3cccc(Cl)c3)C2=O)n1. The molecule has 1 saturated heterocycles. The normalized spacial score (nSPS) is 18.4. The Morgan fingerprint density at radius 3 is 2.67 bits per heavy atom. The first-order valence-corrected chi connectivity index (χ1v) is 7.00. The van der Waals surface area contributed by atoms with E-state index in [1.165, 1.54) is 4.90 Å². The van der Waals surface area contributed by atoms with Crippen molar-refractivity contribution in [1.29, 1.82) is 0 Å². The molecule has 1 unspecified atom stereocenters. The Kier molecular flexibility index (Phi) is 3.47. The lowest BCUT2D eigenvalue weighted by molar-refractivity contribution is -0.121. The third-order valence-electron chi connectivity index (χ3n) is 3.50. The van der Waals surface area contributed by atoms with E-state index in [1.807, 2.05) is 19.1 Å². The van der Waals surface area contributed by atoms with Crippen LogP contribution < -0.4 is 4.90 Å². The van der Waals surface area contributed by atoms with Crippen molar-refractivity contribution in [2.24, 2.45) is 0 Å². The number of aryl methyl sites for hydroxylation is 1. The molecule has 4 nitrogen and oxygen atoms in total. The van der Waals surface area contributed by atoms with E-state index in [2.05, 4.69) is 4.98 Å². The van der Waals surface area contributed by atoms with Crippen molar-refractivity contribution in [1.82, 2.24) is 4.98 Å². The third-order valence-corrected chi connectivity index (χ3v) is 3.74. The number of imide groups is 1. The number of carbonyl (C=O) groups excluding carboxylic acids is 2. The molecule has 0 N–H and O–H groups in total. The van der Waals surface area contributed by atoms with Gasteiger partial charge in [0.15, 0.2) is 0 Å². The number of halogens is 1. The molecule has 5 heteroatoms. The molecule has 0 bridgehead atoms. The number of hydrogen-bond acceptors (Lipinski definition) is 3. The summed E-state index contributed by atoms with van der Waals surface area (Å²) in [6.07, 6.45) is 0.148. The van der Waals surface area contributed by atoms with Gasteiger partial charge in [-0.2, -0.15) is 0 Å². The molecule has 1 fully saturated rings. The van der Waals surface area contributed by atoms with Crippen LogP contribution in [0, 0.1) is 6.92 Å². The smallest absolute Gasteiger partial charge is 0.243 e. The van der Waals surface area contributed by atoms with Crippen LogP contribution in [0.4, 0.5) is 5.82 Å². The molecule has 1 aliphatic heterocycles. The highest BCUT2D eigenvalue weighted by atomic mass is 35.5. The number of nitrogens with zero attached hydrogens (tertiary/aromatic N) is 2. The highest BCUT2D eigenvalue weighted by Crippen LogP contribution is 2.33. The summed E-state index contributed by atoms with van der Waals surface area (Å²) in [6.45, 7) is 1.82. The molecule has 0 aliphatic carbocycles. The Morgan fingerprint density at radius 2 is 1.95 bits per heavy atom. The van der Waals surface area contributed by atoms with E-state index in [1.54, 1.807) is 30.3 Å². The number of benzene rings is 1. The fourth-order valence-corrected chi connectivity index (χ4v) is 2.71. The minimum atomic E-state index is -0.487. The maximum Gasteiger partial charge on any atom is 0.243 e. The fourth-order valence-electron chi connectivity index (χ4n) is 2.51. The summed E-state index contributed by atoms with van der Waals surface area (Å²) in [5.74, 6) is -0.587. The summed E-state index contributed by atoms with van der Waals surface area (Å²) in [7, 11) is 0. The molecule has 106 valence electrons. The van der Waals surface area contributed by atoms with Gasteiger partial charge in [0.25, 0.3) is 0 Å². The Labute approximate surface area is 127 Å². The van der Waals surface area contributed by atoms with Gasteiger partial charge in [-0.3, -0.25) is 9.59 Å². The zero-order valence-corrected chi connectivity index (χ0v) is 12.2. The molecule has 2 heterocycles. The molecule has 2 aromatic rings. The van der Waals surface area contributed by atoms with Crippen molar-refractivity contribution in [2.45, 2.75) is 19.3 Å². The molecule has 21 heavy (non-hydrogen) atoms. The Bertz CT molecular complexity index is 730. The number of hydrogen-bond donors (Lipinski definition) is 0. The van der Waals surface area contributed by atoms with Crippen molar-refractivity contribution in [3.8, 4) is 0 Å². The van der Waals surface area contributed by atoms with Crippen molar-refractivity contribution in [3.63, 3.8) is 0 Å². The lowest BCUT2D eigenvalue weighted by Crippen LogP contribution is -2.30. The molecule has 3 rings (SSSR count). The molecule has 1 atom stereocenters. The van der Waals surface area contributed by atoms with Gasteiger partial charge < -0.3 is 0 Å². The van der Waals surface area contributed by atoms with Crippen LogP contribution in [-0.2, 0) is 9.59 Å². The zero-order chi connectivity index (χ0) is 15.0. The first-order valence-electron chi connectivity index (χ1n) is 6.62. The topological polar surface area (TPSA) is 50.3 Å². The second kappa shape index (κ2) is 5.30. The van der Waals surface area contributed by atoms with E-state index in [4.69, 9.17) is 11.6 Å². The van der Waals surface area contributed by atoms with Crippen LogP contribution in [0.15, 0.2) is 42.5 Å². The van der Waals surface area contributed by atoms with Crippen LogP contribution in [0.5, 0.6) is 0 Å². The number of carbonyl (C=O) groups is 2. The van der Waals surface area contributed by atoms with Gasteiger partial charge in [-0.25, -0.2) is 9.88 Å². The summed E-state index contributed by atoms with van der Waals surface area (Å²) in [5, 5.41) is 0.555. The number of rotatable bonds is 2. The molecule has 1 aromatic heterocycles. The van der Waals surface area contributed by atoms with Crippen molar-refractivity contribution in [2.75, 3.05) is 4.90 Å². The zero-order valence-electron chi connectivity index (χ0n) is 11.4. The van der Waals surface area contributed by atoms with Gasteiger partial charge in [0.1, 0.15) is 5.82 Å². The van der Waals surface area contributed by atoms with E-state index in [9.17, 15) is 9.59 Å². The van der Waals surface area contributed by atoms with Crippen molar-refractivity contribution in [3.05, 3.63) is 58.7 Å². The molecule has 1 aromatic carbocycles. The van der Waals surface area contributed by atoms with Gasteiger partial charge in [-0.05, 0) is 36.8 Å². The second-order valence-electron chi connectivity index (χ2n) is 5.02. The lowest BCUT2D eigenvalue weighted by Gasteiger charge is -2.14. The number of aromatic nitrogens is 1. The number of pyridine rings is 1. The minimum Gasteiger partial charge on any atom is -0.274 e. The highest BCUT2D eigenvalue weighted by Gasteiger charge is 2.41. The summed E-state index contributed by atoms with van der Waals surface area (Å²) in [6, 6.07) is 12.3. The van der Waals surface area contributed by atoms with Crippen LogP contribution >= 0.6 is 11.6 Å². The van der Waals surface area contributed by atoms with Crippen LogP contribution in [0.1, 0.15) is 23.6 Å². The van der Waals surface area contributed by atoms with Crippen LogP contribution in [-0.4, -0.2) is 16.8 Å². The average molecular weight is 301 g/mol. The largest absolute Gasteiger partial charge is 0.274 e. The predicted molar refractivity (Wildman–Crippen MR) is 80.3 cm³/mol. The van der Waals surface area contributed by atoms with Gasteiger partial charge in [0.05, 0.1) is 5.92 Å². The standard InChI is InChI=1S/C16H13ClN2O2/c1-10-4-2-7-14(18-10)19-15(20)9-13(16(19)21)11-5-3-6-12(17)8-11/h2-8,13H,9H2,1H3. The molecule has 0 spiro atoms. The first kappa shape index (κ1) is 13.8. The quantitative estimate of drug-likeness (QED) is 0.801. The van der Waals surface area contributed by atoms with E-state index < -0.39 is 5.92 Å². The highest BCUT2D eigenvalue weighted by molar-refractivity contribution is 6.30. The van der Waals surface area contributed by atoms with E-state index in [0.29, 0.717) is 10.8 Å². The first-order chi connectivity index (χ1) is 10.1. The van der Waals surface area contributed by atoms with Crippen LogP contribution in [0.25, 0.3) is 0 Å². The maximum atomic E-state index is 12.6. The van der Waals surface area contributed by atoms with Crippen molar-refractivity contribution < 1.29 is 9.59 Å². The summed E-state index contributed by atoms with van der Waals surface area (Å²) >= 11 is 5.96. The van der Waals surface area contributed by atoms with Gasteiger partial charge in [-0.1, -0.05) is 29.8 Å². The molecule has 0 saturated carbocycles. The van der Waals surface area contributed by atoms with E-state index in [-0.39, 0.29) is 18.2 Å². The van der Waals surface area contributed by atoms with Crippen LogP contribution in [0.2, 0.25) is 5.02 Å². The lowest BCUT2D eigenvalue weighted by atomic mass is 9.98. The van der Waals surface area contributed by atoms with Gasteiger partial charge in [0, 0.05) is 17.1 Å². The summed E-state index contributed by atoms with van der Waals surface area (Å²) < 4.78 is 0. The van der Waals surface area contributed by atoms with Gasteiger partial charge >= 0.3 is 0 Å². The number of anilines is 1. The molecular weight excluding hydrogens is 288 g/mol. The Morgan fingerprint density at radius 1 is 1.19 bits per heavy atom. The minimum absolute atomic E-state index is 0.148. The average Bonchev–Trinajstić information content (AvgIpc) is 2.74. The molecule has 0 radical (unpaired) electrons. The van der Waals surface area contributed by atoms with Gasteiger partial charge in [0.2, 0.25) is 11.8 Å². The monoisotopic (exact) mass is 300 g/mol. The van der Waals surface area contributed by atoms with Crippen molar-refractivity contribution >= 4 is 29.2 Å². The summed E-state index contributed by atoms with van der Waals surface area (Å²) in [4.78, 5) is 30.2. The fraction of sp³-hybridized carbons (Fsp3) is 0.188. The van der Waals surface area contributed by atoms with E-state index in [0.717, 1.165) is 11.3 Å². The maximum absolute atomic E-state index is 12.6. The molecular formula is C16H13ClN2O2. The molecule has 2 amide bonds. The Balaban J connectivity index is 1.96. The van der Waals surface area contributed by atoms with E-state index >= 15 is 0 Å². The van der Waals surface area contributed by atoms with Gasteiger partial charge in [-0.15, -0.1) is 0 Å². The molecule has 1 aliphatic rings. The van der Waals surface area contributed by atoms with Crippen LogP contribution in [0.3, 0.4) is 0 Å². The Hall–Kier alpha value is -2.20. The predicted octanol–water partition coefficient (Wildman–Crippen LogP) is 3.09. The third kappa shape index (κ3) is 2.54. The number of amides is 2. The summed E-state index contributed by atoms with van der Waals surface area (Å²) in [5.41, 5.74) is 1.52. The second-order valence-corrected chi connectivity index (χ2v) is 5.45.